The van der Waals surface area contributed by atoms with Crippen LogP contribution in [-0.2, 0) is 26.3 Å². The first-order valence-electron chi connectivity index (χ1n) is 6.98. The van der Waals surface area contributed by atoms with E-state index in [9.17, 15) is 0 Å². The molecule has 6 nitrogen and oxygen atoms in total. The van der Waals surface area contributed by atoms with Crippen LogP contribution in [0.1, 0.15) is 48.3 Å². The first-order chi connectivity index (χ1) is 9.69. The van der Waals surface area contributed by atoms with E-state index in [1.165, 1.54) is 17.2 Å². The van der Waals surface area contributed by atoms with Crippen LogP contribution in [0.4, 0.5) is 0 Å². The average molecular weight is 294 g/mol. The molecule has 0 aromatic carbocycles. The second kappa shape index (κ2) is 6.92. The summed E-state index contributed by atoms with van der Waals surface area (Å²) in [5.74, 6) is 5.74. The van der Waals surface area contributed by atoms with Crippen LogP contribution in [0.2, 0.25) is 0 Å². The van der Waals surface area contributed by atoms with Crippen molar-refractivity contribution in [2.45, 2.75) is 45.6 Å². The average Bonchev–Trinajstić information content (AvgIpc) is 3.03. The van der Waals surface area contributed by atoms with Gasteiger partial charge in [0, 0.05) is 19.2 Å². The summed E-state index contributed by atoms with van der Waals surface area (Å²) in [7, 11) is 1.97. The predicted molar refractivity (Wildman–Crippen MR) is 80.3 cm³/mol. The molecule has 0 amide bonds. The van der Waals surface area contributed by atoms with Gasteiger partial charge >= 0.3 is 0 Å². The highest BCUT2D eigenvalue weighted by Crippen LogP contribution is 2.24. The molecule has 2 aromatic heterocycles. The lowest BCUT2D eigenvalue weighted by Gasteiger charge is -2.14. The third-order valence-electron chi connectivity index (χ3n) is 3.39. The van der Waals surface area contributed by atoms with Crippen molar-refractivity contribution < 1.29 is 0 Å². The van der Waals surface area contributed by atoms with Gasteiger partial charge in [-0.1, -0.05) is 24.8 Å². The molecule has 0 bridgehead atoms. The Morgan fingerprint density at radius 3 is 2.85 bits per heavy atom. The summed E-state index contributed by atoms with van der Waals surface area (Å²) >= 11 is 1.43. The highest BCUT2D eigenvalue weighted by atomic mass is 32.1. The number of hydrazine groups is 1. The first-order valence-corrected chi connectivity index (χ1v) is 7.75. The molecular formula is C13H22N6S. The van der Waals surface area contributed by atoms with Gasteiger partial charge in [0.25, 0.3) is 0 Å². The molecule has 2 aromatic rings. The highest BCUT2D eigenvalue weighted by Gasteiger charge is 2.20. The van der Waals surface area contributed by atoms with Gasteiger partial charge in [-0.25, -0.2) is 0 Å². The predicted octanol–water partition coefficient (Wildman–Crippen LogP) is 1.53. The van der Waals surface area contributed by atoms with Gasteiger partial charge in [-0.2, -0.15) is 5.10 Å². The zero-order valence-electron chi connectivity index (χ0n) is 12.3. The number of nitrogens with one attached hydrogen (secondary N) is 1. The zero-order valence-corrected chi connectivity index (χ0v) is 13.1. The van der Waals surface area contributed by atoms with E-state index in [0.29, 0.717) is 0 Å². The number of hydrogen-bond acceptors (Lipinski definition) is 6. The molecule has 7 heteroatoms. The lowest BCUT2D eigenvalue weighted by Crippen LogP contribution is -2.30. The second-order valence-electron chi connectivity index (χ2n) is 4.86. The molecule has 0 aliphatic heterocycles. The van der Waals surface area contributed by atoms with Crippen molar-refractivity contribution in [3.63, 3.8) is 0 Å². The molecule has 2 heterocycles. The fourth-order valence-corrected chi connectivity index (χ4v) is 3.02. The number of aromatic nitrogens is 4. The number of nitrogens with two attached hydrogens (primary N) is 1. The largest absolute Gasteiger partial charge is 0.272 e. The van der Waals surface area contributed by atoms with Crippen LogP contribution in [0.15, 0.2) is 6.07 Å². The van der Waals surface area contributed by atoms with E-state index in [1.807, 2.05) is 11.7 Å². The van der Waals surface area contributed by atoms with E-state index < -0.39 is 0 Å². The number of rotatable bonds is 7. The molecule has 0 aliphatic rings. The Bertz CT molecular complexity index is 547. The molecule has 3 N–H and O–H groups in total. The smallest absolute Gasteiger partial charge is 0.0804 e. The van der Waals surface area contributed by atoms with Gasteiger partial charge in [0.1, 0.15) is 0 Å². The third kappa shape index (κ3) is 3.23. The van der Waals surface area contributed by atoms with E-state index in [1.54, 1.807) is 0 Å². The van der Waals surface area contributed by atoms with Gasteiger partial charge < -0.3 is 0 Å². The van der Waals surface area contributed by atoms with Gasteiger partial charge in [0.2, 0.25) is 0 Å². The lowest BCUT2D eigenvalue weighted by atomic mass is 10.1. The third-order valence-corrected chi connectivity index (χ3v) is 4.27. The maximum absolute atomic E-state index is 5.74. The van der Waals surface area contributed by atoms with Crippen molar-refractivity contribution in [3.8, 4) is 0 Å². The summed E-state index contributed by atoms with van der Waals surface area (Å²) in [6.45, 7) is 4.25. The highest BCUT2D eigenvalue weighted by molar-refractivity contribution is 7.05. The molecule has 0 radical (unpaired) electrons. The summed E-state index contributed by atoms with van der Waals surface area (Å²) in [6.07, 6.45) is 3.73. The van der Waals surface area contributed by atoms with Crippen LogP contribution in [-0.4, -0.2) is 19.4 Å². The summed E-state index contributed by atoms with van der Waals surface area (Å²) in [6, 6.07) is 2.18. The minimum Gasteiger partial charge on any atom is -0.272 e. The lowest BCUT2D eigenvalue weighted by molar-refractivity contribution is 0.532. The van der Waals surface area contributed by atoms with Gasteiger partial charge in [-0.15, -0.1) is 5.10 Å². The van der Waals surface area contributed by atoms with E-state index in [-0.39, 0.29) is 6.04 Å². The Hall–Kier alpha value is -1.31. The zero-order chi connectivity index (χ0) is 14.5. The van der Waals surface area contributed by atoms with Gasteiger partial charge in [-0.05, 0) is 30.4 Å². The Kier molecular flexibility index (Phi) is 5.22. The summed E-state index contributed by atoms with van der Waals surface area (Å²) < 4.78 is 6.00. The maximum Gasteiger partial charge on any atom is 0.0804 e. The van der Waals surface area contributed by atoms with E-state index >= 15 is 0 Å². The van der Waals surface area contributed by atoms with Gasteiger partial charge in [0.15, 0.2) is 0 Å². The molecule has 1 unspecified atom stereocenters. The van der Waals surface area contributed by atoms with Crippen molar-refractivity contribution in [1.29, 1.82) is 0 Å². The molecule has 0 spiro atoms. The van der Waals surface area contributed by atoms with Crippen LogP contribution >= 0.6 is 11.5 Å². The van der Waals surface area contributed by atoms with E-state index in [4.69, 9.17) is 5.84 Å². The van der Waals surface area contributed by atoms with Crippen molar-refractivity contribution in [1.82, 2.24) is 24.8 Å². The molecule has 0 saturated heterocycles. The maximum atomic E-state index is 5.74. The summed E-state index contributed by atoms with van der Waals surface area (Å²) in [5, 5.41) is 8.69. The van der Waals surface area contributed by atoms with Gasteiger partial charge in [0.05, 0.1) is 22.3 Å². The van der Waals surface area contributed by atoms with Crippen molar-refractivity contribution in [3.05, 3.63) is 28.0 Å². The normalized spacial score (nSPS) is 12.8. The minimum atomic E-state index is 0.0386. The Labute approximate surface area is 123 Å². The molecule has 0 aliphatic carbocycles. The topological polar surface area (TPSA) is 81.7 Å². The fourth-order valence-electron chi connectivity index (χ4n) is 2.26. The van der Waals surface area contributed by atoms with Crippen LogP contribution in [0.3, 0.4) is 0 Å². The Balaban J connectivity index is 2.19. The SMILES string of the molecule is CCCc1nnsc1C(Cc1cc(CC)nn1C)NN. The molecule has 2 rings (SSSR count). The Morgan fingerprint density at radius 2 is 2.25 bits per heavy atom. The van der Waals surface area contributed by atoms with E-state index in [0.717, 1.165) is 41.9 Å². The minimum absolute atomic E-state index is 0.0386. The number of nitrogens with zero attached hydrogens (tertiary/aromatic N) is 4. The molecule has 1 atom stereocenters. The monoisotopic (exact) mass is 294 g/mol. The summed E-state index contributed by atoms with van der Waals surface area (Å²) in [5.41, 5.74) is 6.22. The Morgan fingerprint density at radius 1 is 1.45 bits per heavy atom. The molecular weight excluding hydrogens is 272 g/mol. The van der Waals surface area contributed by atoms with Crippen LogP contribution in [0.5, 0.6) is 0 Å². The fraction of sp³-hybridized carbons (Fsp3) is 0.615. The van der Waals surface area contributed by atoms with Crippen molar-refractivity contribution in [2.75, 3.05) is 0 Å². The molecule has 0 fully saturated rings. The van der Waals surface area contributed by atoms with Gasteiger partial charge in [-0.3, -0.25) is 16.0 Å². The number of aryl methyl sites for hydroxylation is 3. The quantitative estimate of drug-likeness (QED) is 0.598. The first kappa shape index (κ1) is 15.1. The van der Waals surface area contributed by atoms with Crippen molar-refractivity contribution in [2.24, 2.45) is 12.9 Å². The van der Waals surface area contributed by atoms with Crippen LogP contribution < -0.4 is 11.3 Å². The number of hydrogen-bond donors (Lipinski definition) is 2. The van der Waals surface area contributed by atoms with Crippen LogP contribution in [0.25, 0.3) is 0 Å². The van der Waals surface area contributed by atoms with Crippen LogP contribution in [0, 0.1) is 0 Å². The summed E-state index contributed by atoms with van der Waals surface area (Å²) in [4.78, 5) is 1.13. The van der Waals surface area contributed by atoms with Crippen molar-refractivity contribution >= 4 is 11.5 Å². The molecule has 0 saturated carbocycles. The molecule has 110 valence electrons. The van der Waals surface area contributed by atoms with E-state index in [2.05, 4.69) is 40.0 Å². The standard InChI is InChI=1S/C13H22N6S/c1-4-6-11-13(20-18-16-11)12(15-14)8-10-7-9(5-2)17-19(10)3/h7,12,15H,4-6,8,14H2,1-3H3. The second-order valence-corrected chi connectivity index (χ2v) is 5.65. The molecule has 20 heavy (non-hydrogen) atoms.